The second kappa shape index (κ2) is 6.02. The summed E-state index contributed by atoms with van der Waals surface area (Å²) in [6, 6.07) is 0. The summed E-state index contributed by atoms with van der Waals surface area (Å²) in [5.74, 6) is 0.108. The molecular weight excluding hydrogens is 265 g/mol. The predicted octanol–water partition coefficient (Wildman–Crippen LogP) is -1.90. The van der Waals surface area contributed by atoms with E-state index in [-0.39, 0.29) is 81.2 Å². The molecule has 58 valence electrons. The van der Waals surface area contributed by atoms with E-state index in [1.165, 1.54) is 6.92 Å². The first-order valence-corrected chi connectivity index (χ1v) is 3.34. The average molecular weight is 276 g/mol. The largest absolute Gasteiger partial charge is 1.00 e. The molecule has 0 aromatic heterocycles. The quantitative estimate of drug-likeness (QED) is 0.414. The van der Waals surface area contributed by atoms with Crippen LogP contribution in [0.5, 0.6) is 0 Å². The van der Waals surface area contributed by atoms with Crippen LogP contribution in [-0.2, 0) is 14.3 Å². The third-order valence-corrected chi connectivity index (χ3v) is 1.32. The van der Waals surface area contributed by atoms with Crippen molar-refractivity contribution in [1.82, 2.24) is 0 Å². The van der Waals surface area contributed by atoms with Crippen LogP contribution in [0.15, 0.2) is 0 Å². The number of hydrogen-bond donors (Lipinski definition) is 0. The number of carbonyl (C=O) groups excluding carboxylic acids is 1. The molecule has 3 nitrogen and oxygen atoms in total. The van der Waals surface area contributed by atoms with E-state index in [2.05, 4.69) is 0 Å². The van der Waals surface area contributed by atoms with Gasteiger partial charge in [0.2, 0.25) is 0 Å². The number of rotatable bonds is 1. The van der Waals surface area contributed by atoms with Gasteiger partial charge in [-0.25, -0.2) is 6.61 Å². The van der Waals surface area contributed by atoms with Crippen molar-refractivity contribution in [3.63, 3.8) is 0 Å². The van der Waals surface area contributed by atoms with Crippen LogP contribution >= 0.6 is 0 Å². The molecular formula is C7H11CsO3. The first kappa shape index (κ1) is 12.5. The summed E-state index contributed by atoms with van der Waals surface area (Å²) in [7, 11) is 0. The monoisotopic (exact) mass is 276 g/mol. The van der Waals surface area contributed by atoms with Crippen molar-refractivity contribution < 1.29 is 83.2 Å². The fourth-order valence-electron chi connectivity index (χ4n) is 0.897. The zero-order valence-corrected chi connectivity index (χ0v) is 13.4. The molecule has 0 saturated carbocycles. The molecule has 0 aromatic carbocycles. The smallest absolute Gasteiger partial charge is 0.520 e. The molecule has 1 aliphatic heterocycles. The third-order valence-electron chi connectivity index (χ3n) is 1.32. The van der Waals surface area contributed by atoms with Crippen LogP contribution in [0.3, 0.4) is 0 Å². The van der Waals surface area contributed by atoms with Crippen LogP contribution in [-0.4, -0.2) is 12.3 Å². The van der Waals surface area contributed by atoms with E-state index >= 15 is 0 Å². The first-order valence-electron chi connectivity index (χ1n) is 3.34. The SMILES string of the molecule is CC(=O)OC1C[C@@H](C)[CH-]O1.[Cs+]. The van der Waals surface area contributed by atoms with Crippen LogP contribution in [0.2, 0.25) is 0 Å². The van der Waals surface area contributed by atoms with Gasteiger partial charge in [-0.05, 0) is 6.42 Å². The minimum Gasteiger partial charge on any atom is -0.520 e. The number of carbonyl (C=O) groups is 1. The fourth-order valence-corrected chi connectivity index (χ4v) is 0.897. The van der Waals surface area contributed by atoms with Crippen LogP contribution in [0.1, 0.15) is 20.3 Å². The third kappa shape index (κ3) is 4.92. The molecule has 1 unspecified atom stereocenters. The Morgan fingerprint density at radius 2 is 2.36 bits per heavy atom. The molecule has 1 saturated heterocycles. The molecule has 0 aromatic rings. The topological polar surface area (TPSA) is 35.5 Å². The van der Waals surface area contributed by atoms with Crippen molar-refractivity contribution in [1.29, 1.82) is 0 Å². The van der Waals surface area contributed by atoms with E-state index in [0.717, 1.165) is 6.42 Å². The maximum Gasteiger partial charge on any atom is 1.00 e. The van der Waals surface area contributed by atoms with E-state index < -0.39 is 0 Å². The van der Waals surface area contributed by atoms with Gasteiger partial charge >= 0.3 is 74.9 Å². The molecule has 0 N–H and O–H groups in total. The van der Waals surface area contributed by atoms with Crippen molar-refractivity contribution in [2.24, 2.45) is 5.92 Å². The summed E-state index contributed by atoms with van der Waals surface area (Å²) >= 11 is 0. The van der Waals surface area contributed by atoms with Gasteiger partial charge in [-0.2, -0.15) is 0 Å². The average Bonchev–Trinajstić information content (AvgIpc) is 2.13. The molecule has 4 heteroatoms. The maximum absolute atomic E-state index is 10.4. The minimum absolute atomic E-state index is 0. The molecule has 1 fully saturated rings. The zero-order valence-electron chi connectivity index (χ0n) is 7.16. The van der Waals surface area contributed by atoms with Gasteiger partial charge in [0.25, 0.3) is 0 Å². The fraction of sp³-hybridized carbons (Fsp3) is 0.714. The Kier molecular flexibility index (Phi) is 6.83. The number of ether oxygens (including phenoxy) is 2. The molecule has 0 bridgehead atoms. The summed E-state index contributed by atoms with van der Waals surface area (Å²) in [5.41, 5.74) is 0. The van der Waals surface area contributed by atoms with Gasteiger partial charge in [0.05, 0.1) is 0 Å². The second-order valence-electron chi connectivity index (χ2n) is 2.52. The summed E-state index contributed by atoms with van der Waals surface area (Å²) in [5, 5.41) is 0. The summed E-state index contributed by atoms with van der Waals surface area (Å²) in [6.07, 6.45) is 0.437. The molecule has 0 amide bonds. The van der Waals surface area contributed by atoms with Crippen LogP contribution in [0.4, 0.5) is 0 Å². The summed E-state index contributed by atoms with van der Waals surface area (Å²) < 4.78 is 9.80. The van der Waals surface area contributed by atoms with Gasteiger partial charge < -0.3 is 9.47 Å². The summed E-state index contributed by atoms with van der Waals surface area (Å²) in [6.45, 7) is 5.10. The van der Waals surface area contributed by atoms with Gasteiger partial charge in [-0.15, -0.1) is 5.92 Å². The van der Waals surface area contributed by atoms with E-state index in [1.807, 2.05) is 6.92 Å². The predicted molar refractivity (Wildman–Crippen MR) is 34.7 cm³/mol. The molecule has 1 heterocycles. The normalized spacial score (nSPS) is 29.3. The first-order chi connectivity index (χ1) is 4.68. The Hall–Kier alpha value is 1.48. The van der Waals surface area contributed by atoms with Crippen LogP contribution in [0, 0.1) is 12.5 Å². The Morgan fingerprint density at radius 3 is 2.73 bits per heavy atom. The van der Waals surface area contributed by atoms with Gasteiger partial charge in [0.15, 0.2) is 6.29 Å². The molecule has 0 spiro atoms. The molecule has 1 aliphatic rings. The van der Waals surface area contributed by atoms with E-state index in [9.17, 15) is 4.79 Å². The van der Waals surface area contributed by atoms with Gasteiger partial charge in [0.1, 0.15) is 0 Å². The van der Waals surface area contributed by atoms with E-state index in [0.29, 0.717) is 5.92 Å². The Balaban J connectivity index is 0.000001000. The van der Waals surface area contributed by atoms with Crippen molar-refractivity contribution in [3.8, 4) is 0 Å². The Labute approximate surface area is 126 Å². The van der Waals surface area contributed by atoms with Gasteiger partial charge in [-0.1, -0.05) is 6.92 Å². The minimum atomic E-state index is -0.340. The Bertz CT molecular complexity index is 138. The van der Waals surface area contributed by atoms with Crippen molar-refractivity contribution >= 4 is 5.97 Å². The Morgan fingerprint density at radius 1 is 1.73 bits per heavy atom. The summed E-state index contributed by atoms with van der Waals surface area (Å²) in [4.78, 5) is 10.4. The van der Waals surface area contributed by atoms with Crippen LogP contribution < -0.4 is 68.9 Å². The molecule has 11 heavy (non-hydrogen) atoms. The zero-order chi connectivity index (χ0) is 7.56. The van der Waals surface area contributed by atoms with Crippen molar-refractivity contribution in [3.05, 3.63) is 6.61 Å². The maximum atomic E-state index is 10.4. The molecule has 0 aliphatic carbocycles. The van der Waals surface area contributed by atoms with Gasteiger partial charge in [0, 0.05) is 6.92 Å². The van der Waals surface area contributed by atoms with Crippen molar-refractivity contribution in [2.75, 3.05) is 0 Å². The number of esters is 1. The van der Waals surface area contributed by atoms with E-state index in [1.54, 1.807) is 6.61 Å². The number of hydrogen-bond acceptors (Lipinski definition) is 3. The molecule has 0 radical (unpaired) electrons. The molecule has 2 atom stereocenters. The van der Waals surface area contributed by atoms with Crippen LogP contribution in [0.25, 0.3) is 0 Å². The van der Waals surface area contributed by atoms with Crippen molar-refractivity contribution in [2.45, 2.75) is 26.6 Å². The second-order valence-corrected chi connectivity index (χ2v) is 2.52. The van der Waals surface area contributed by atoms with E-state index in [4.69, 9.17) is 9.47 Å². The molecule has 1 rings (SSSR count). The van der Waals surface area contributed by atoms with Gasteiger partial charge in [-0.3, -0.25) is 4.79 Å². The standard InChI is InChI=1S/C7H11O3.Cs/c1-5-3-7(9-4-5)10-6(2)8;/h4-5,7H,3H2,1-2H3;/q-1;+1/t5-,7?;/m1./s1.